The van der Waals surface area contributed by atoms with Crippen molar-refractivity contribution >= 4 is 17.9 Å². The van der Waals surface area contributed by atoms with Gasteiger partial charge in [0.05, 0.1) is 12.1 Å². The molecule has 0 N–H and O–H groups in total. The van der Waals surface area contributed by atoms with Gasteiger partial charge in [-0.2, -0.15) is 0 Å². The van der Waals surface area contributed by atoms with Crippen molar-refractivity contribution < 1.29 is 9.53 Å². The maximum Gasteiger partial charge on any atom is 0.240 e. The number of carbonyl (C=O) groups is 1. The van der Waals surface area contributed by atoms with Crippen LogP contribution in [0.15, 0.2) is 30.6 Å². The first kappa shape index (κ1) is 11.5. The van der Waals surface area contributed by atoms with Gasteiger partial charge in [0.2, 0.25) is 5.88 Å². The van der Waals surface area contributed by atoms with E-state index in [1.165, 1.54) is 7.11 Å². The van der Waals surface area contributed by atoms with Gasteiger partial charge >= 0.3 is 0 Å². The minimum Gasteiger partial charge on any atom is -0.479 e. The molecule has 0 atom stereocenters. The molecule has 0 saturated heterocycles. The van der Waals surface area contributed by atoms with Crippen molar-refractivity contribution in [3.05, 3.63) is 41.2 Å². The summed E-state index contributed by atoms with van der Waals surface area (Å²) in [4.78, 5) is 18.9. The predicted molar refractivity (Wildman–Crippen MR) is 64.4 cm³/mol. The van der Waals surface area contributed by atoms with Crippen molar-refractivity contribution in [3.8, 4) is 17.1 Å². The molecule has 0 unspecified atom stereocenters. The van der Waals surface area contributed by atoms with Crippen LogP contribution in [0.4, 0.5) is 0 Å². The van der Waals surface area contributed by atoms with E-state index in [9.17, 15) is 4.79 Å². The van der Waals surface area contributed by atoms with Crippen molar-refractivity contribution in [2.75, 3.05) is 7.11 Å². The molecule has 0 fully saturated rings. The minimum absolute atomic E-state index is 0.380. The SMILES string of the molecule is COc1nccnc1-c1ccc(C=O)c(Cl)c1. The lowest BCUT2D eigenvalue weighted by molar-refractivity contribution is 0.112. The van der Waals surface area contributed by atoms with Crippen LogP contribution in [-0.4, -0.2) is 23.4 Å². The van der Waals surface area contributed by atoms with E-state index in [0.717, 1.165) is 5.56 Å². The summed E-state index contributed by atoms with van der Waals surface area (Å²) < 4.78 is 5.11. The fourth-order valence-corrected chi connectivity index (χ4v) is 1.67. The molecule has 0 amide bonds. The Morgan fingerprint density at radius 2 is 2.06 bits per heavy atom. The van der Waals surface area contributed by atoms with Gasteiger partial charge in [-0.05, 0) is 12.1 Å². The van der Waals surface area contributed by atoms with Gasteiger partial charge in [0.15, 0.2) is 6.29 Å². The van der Waals surface area contributed by atoms with Gasteiger partial charge in [0.1, 0.15) is 5.69 Å². The van der Waals surface area contributed by atoms with Crippen molar-refractivity contribution in [3.63, 3.8) is 0 Å². The van der Waals surface area contributed by atoms with Crippen molar-refractivity contribution in [1.29, 1.82) is 0 Å². The second kappa shape index (κ2) is 4.93. The Morgan fingerprint density at radius 3 is 2.71 bits per heavy atom. The topological polar surface area (TPSA) is 52.1 Å². The van der Waals surface area contributed by atoms with E-state index in [1.54, 1.807) is 30.6 Å². The van der Waals surface area contributed by atoms with Crippen LogP contribution >= 0.6 is 11.6 Å². The normalized spacial score (nSPS) is 10.0. The van der Waals surface area contributed by atoms with Crippen LogP contribution in [0.25, 0.3) is 11.3 Å². The van der Waals surface area contributed by atoms with Gasteiger partial charge in [-0.15, -0.1) is 0 Å². The molecule has 0 radical (unpaired) electrons. The zero-order chi connectivity index (χ0) is 12.3. The Bertz CT molecular complexity index is 558. The number of ether oxygens (including phenoxy) is 1. The molecule has 0 aliphatic carbocycles. The Morgan fingerprint density at radius 1 is 1.29 bits per heavy atom. The molecule has 1 aromatic heterocycles. The van der Waals surface area contributed by atoms with Crippen LogP contribution in [0.2, 0.25) is 5.02 Å². The van der Waals surface area contributed by atoms with Crippen LogP contribution in [0.3, 0.4) is 0 Å². The lowest BCUT2D eigenvalue weighted by Gasteiger charge is -2.06. The van der Waals surface area contributed by atoms with Crippen molar-refractivity contribution in [1.82, 2.24) is 9.97 Å². The average molecular weight is 249 g/mol. The summed E-state index contributed by atoms with van der Waals surface area (Å²) in [7, 11) is 1.52. The second-order valence-corrected chi connectivity index (χ2v) is 3.68. The molecule has 0 aliphatic heterocycles. The summed E-state index contributed by atoms with van der Waals surface area (Å²) in [5, 5.41) is 0.380. The van der Waals surface area contributed by atoms with E-state index in [1.807, 2.05) is 0 Å². The van der Waals surface area contributed by atoms with Crippen LogP contribution < -0.4 is 4.74 Å². The number of halogens is 1. The molecule has 2 rings (SSSR count). The summed E-state index contributed by atoms with van der Waals surface area (Å²) in [6.45, 7) is 0. The first-order valence-corrected chi connectivity index (χ1v) is 5.24. The zero-order valence-electron chi connectivity index (χ0n) is 9.05. The molecule has 1 heterocycles. The maximum atomic E-state index is 10.7. The molecule has 0 spiro atoms. The van der Waals surface area contributed by atoms with Gasteiger partial charge in [-0.3, -0.25) is 4.79 Å². The smallest absolute Gasteiger partial charge is 0.240 e. The highest BCUT2D eigenvalue weighted by Crippen LogP contribution is 2.28. The third kappa shape index (κ3) is 2.26. The number of hydrogen-bond donors (Lipinski definition) is 0. The van der Waals surface area contributed by atoms with Crippen molar-refractivity contribution in [2.45, 2.75) is 0 Å². The van der Waals surface area contributed by atoms with E-state index in [0.29, 0.717) is 28.4 Å². The molecular formula is C12H9ClN2O2. The lowest BCUT2D eigenvalue weighted by atomic mass is 10.1. The zero-order valence-corrected chi connectivity index (χ0v) is 9.81. The van der Waals surface area contributed by atoms with Crippen LogP contribution in [0.1, 0.15) is 10.4 Å². The third-order valence-electron chi connectivity index (χ3n) is 2.26. The fraction of sp³-hybridized carbons (Fsp3) is 0.0833. The maximum absolute atomic E-state index is 10.7. The number of methoxy groups -OCH3 is 1. The predicted octanol–water partition coefficient (Wildman–Crippen LogP) is 2.62. The Kier molecular flexibility index (Phi) is 3.35. The fourth-order valence-electron chi connectivity index (χ4n) is 1.44. The number of hydrogen-bond acceptors (Lipinski definition) is 4. The number of rotatable bonds is 3. The molecule has 0 aliphatic rings. The number of nitrogens with zero attached hydrogens (tertiary/aromatic N) is 2. The summed E-state index contributed by atoms with van der Waals surface area (Å²) >= 11 is 5.95. The molecule has 5 heteroatoms. The number of aldehydes is 1. The van der Waals surface area contributed by atoms with Crippen LogP contribution in [0, 0.1) is 0 Å². The molecule has 86 valence electrons. The van der Waals surface area contributed by atoms with Gasteiger partial charge in [0, 0.05) is 23.5 Å². The summed E-state index contributed by atoms with van der Waals surface area (Å²) in [6, 6.07) is 5.05. The molecule has 4 nitrogen and oxygen atoms in total. The Hall–Kier alpha value is -1.94. The van der Waals surface area contributed by atoms with E-state index in [2.05, 4.69) is 9.97 Å². The third-order valence-corrected chi connectivity index (χ3v) is 2.59. The first-order chi connectivity index (χ1) is 8.26. The highest BCUT2D eigenvalue weighted by Gasteiger charge is 2.09. The Balaban J connectivity index is 2.53. The van der Waals surface area contributed by atoms with E-state index >= 15 is 0 Å². The monoisotopic (exact) mass is 248 g/mol. The van der Waals surface area contributed by atoms with Crippen molar-refractivity contribution in [2.24, 2.45) is 0 Å². The summed E-state index contributed by atoms with van der Waals surface area (Å²) in [6.07, 6.45) is 3.82. The van der Waals surface area contributed by atoms with Gasteiger partial charge < -0.3 is 4.74 Å². The molecular weight excluding hydrogens is 240 g/mol. The highest BCUT2D eigenvalue weighted by molar-refractivity contribution is 6.33. The largest absolute Gasteiger partial charge is 0.479 e. The molecule has 1 aromatic carbocycles. The minimum atomic E-state index is 0.380. The summed E-state index contributed by atoms with van der Waals surface area (Å²) in [5.41, 5.74) is 1.79. The van der Waals surface area contributed by atoms with Crippen LogP contribution in [0.5, 0.6) is 5.88 Å². The van der Waals surface area contributed by atoms with E-state index in [-0.39, 0.29) is 0 Å². The molecule has 2 aromatic rings. The molecule has 17 heavy (non-hydrogen) atoms. The standard InChI is InChI=1S/C12H9ClN2O2/c1-17-12-11(14-4-5-15-12)8-2-3-9(7-16)10(13)6-8/h2-7H,1H3. The number of benzene rings is 1. The quantitative estimate of drug-likeness (QED) is 0.784. The number of aromatic nitrogens is 2. The first-order valence-electron chi connectivity index (χ1n) is 4.86. The Labute approximate surface area is 103 Å². The molecule has 0 bridgehead atoms. The van der Waals surface area contributed by atoms with Gasteiger partial charge in [-0.25, -0.2) is 9.97 Å². The average Bonchev–Trinajstić information content (AvgIpc) is 2.38. The van der Waals surface area contributed by atoms with Gasteiger partial charge in [-0.1, -0.05) is 17.7 Å². The number of carbonyl (C=O) groups excluding carboxylic acids is 1. The molecule has 0 saturated carbocycles. The van der Waals surface area contributed by atoms with E-state index in [4.69, 9.17) is 16.3 Å². The summed E-state index contributed by atoms with van der Waals surface area (Å²) in [5.74, 6) is 0.419. The highest BCUT2D eigenvalue weighted by atomic mass is 35.5. The van der Waals surface area contributed by atoms with Crippen LogP contribution in [-0.2, 0) is 0 Å². The van der Waals surface area contributed by atoms with E-state index < -0.39 is 0 Å². The van der Waals surface area contributed by atoms with Gasteiger partial charge in [0.25, 0.3) is 0 Å². The lowest BCUT2D eigenvalue weighted by Crippen LogP contribution is -1.94. The second-order valence-electron chi connectivity index (χ2n) is 3.27.